The van der Waals surface area contributed by atoms with E-state index in [-0.39, 0.29) is 17.9 Å². The standard InChI is InChI=1S/C16H25ClN2O2/c1-5-16(6-2,11-20)10-18-14-9-12(17)7-8-13(14)15(21)19(3)4/h7-9,18,20H,5-6,10-11H2,1-4H3. The van der Waals surface area contributed by atoms with Crippen LogP contribution in [0.1, 0.15) is 37.0 Å². The van der Waals surface area contributed by atoms with E-state index >= 15 is 0 Å². The monoisotopic (exact) mass is 312 g/mol. The first-order chi connectivity index (χ1) is 9.89. The fraction of sp³-hybridized carbons (Fsp3) is 0.562. The highest BCUT2D eigenvalue weighted by Crippen LogP contribution is 2.28. The Morgan fingerprint density at radius 3 is 2.43 bits per heavy atom. The molecule has 1 amide bonds. The van der Waals surface area contributed by atoms with Crippen molar-refractivity contribution in [1.82, 2.24) is 4.90 Å². The number of carbonyl (C=O) groups excluding carboxylic acids is 1. The van der Waals surface area contributed by atoms with Crippen LogP contribution in [-0.4, -0.2) is 43.2 Å². The molecule has 0 aliphatic heterocycles. The van der Waals surface area contributed by atoms with Crippen molar-refractivity contribution >= 4 is 23.2 Å². The number of halogens is 1. The van der Waals surface area contributed by atoms with Gasteiger partial charge in [-0.2, -0.15) is 0 Å². The van der Waals surface area contributed by atoms with Gasteiger partial charge in [0.05, 0.1) is 12.2 Å². The summed E-state index contributed by atoms with van der Waals surface area (Å²) in [5.74, 6) is -0.0724. The summed E-state index contributed by atoms with van der Waals surface area (Å²) < 4.78 is 0. The number of hydrogen-bond acceptors (Lipinski definition) is 3. The highest BCUT2D eigenvalue weighted by Gasteiger charge is 2.25. The third kappa shape index (κ3) is 4.35. The van der Waals surface area contributed by atoms with Crippen LogP contribution in [0, 0.1) is 5.41 Å². The minimum atomic E-state index is -0.180. The highest BCUT2D eigenvalue weighted by atomic mass is 35.5. The zero-order valence-electron chi connectivity index (χ0n) is 13.2. The Hall–Kier alpha value is -1.26. The maximum Gasteiger partial charge on any atom is 0.255 e. The zero-order chi connectivity index (χ0) is 16.0. The van der Waals surface area contributed by atoms with Crippen LogP contribution in [-0.2, 0) is 0 Å². The Morgan fingerprint density at radius 2 is 1.95 bits per heavy atom. The smallest absolute Gasteiger partial charge is 0.255 e. The average Bonchev–Trinajstić information content (AvgIpc) is 2.48. The maximum atomic E-state index is 12.2. The Morgan fingerprint density at radius 1 is 1.33 bits per heavy atom. The number of amides is 1. The van der Waals surface area contributed by atoms with Crippen LogP contribution in [0.5, 0.6) is 0 Å². The van der Waals surface area contributed by atoms with E-state index in [1.807, 2.05) is 0 Å². The van der Waals surface area contributed by atoms with E-state index < -0.39 is 0 Å². The molecule has 0 aromatic heterocycles. The van der Waals surface area contributed by atoms with Crippen LogP contribution < -0.4 is 5.32 Å². The first-order valence-electron chi connectivity index (χ1n) is 7.25. The number of nitrogens with one attached hydrogen (secondary N) is 1. The molecular weight excluding hydrogens is 288 g/mol. The molecule has 1 aromatic rings. The number of anilines is 1. The van der Waals surface area contributed by atoms with E-state index in [9.17, 15) is 9.90 Å². The molecule has 1 aromatic carbocycles. The van der Waals surface area contributed by atoms with E-state index in [2.05, 4.69) is 19.2 Å². The van der Waals surface area contributed by atoms with Gasteiger partial charge in [-0.3, -0.25) is 4.79 Å². The number of nitrogens with zero attached hydrogens (tertiary/aromatic N) is 1. The van der Waals surface area contributed by atoms with Gasteiger partial charge in [-0.15, -0.1) is 0 Å². The van der Waals surface area contributed by atoms with Crippen LogP contribution in [0.25, 0.3) is 0 Å². The summed E-state index contributed by atoms with van der Waals surface area (Å²) in [4.78, 5) is 13.7. The fourth-order valence-electron chi connectivity index (χ4n) is 2.15. The molecule has 0 saturated heterocycles. The first-order valence-corrected chi connectivity index (χ1v) is 7.63. The van der Waals surface area contributed by atoms with Crippen molar-refractivity contribution < 1.29 is 9.90 Å². The first kappa shape index (κ1) is 17.8. The third-order valence-electron chi connectivity index (χ3n) is 4.11. The maximum absolute atomic E-state index is 12.2. The molecule has 0 bridgehead atoms. The molecule has 118 valence electrons. The molecule has 0 heterocycles. The van der Waals surface area contributed by atoms with Crippen LogP contribution in [0.3, 0.4) is 0 Å². The molecule has 0 spiro atoms. The topological polar surface area (TPSA) is 52.6 Å². The molecule has 0 unspecified atom stereocenters. The lowest BCUT2D eigenvalue weighted by Crippen LogP contribution is -2.33. The van der Waals surface area contributed by atoms with E-state index in [4.69, 9.17) is 11.6 Å². The Balaban J connectivity index is 3.02. The van der Waals surface area contributed by atoms with Gasteiger partial charge in [-0.25, -0.2) is 0 Å². The zero-order valence-corrected chi connectivity index (χ0v) is 14.0. The summed E-state index contributed by atoms with van der Waals surface area (Å²) in [5.41, 5.74) is 1.12. The average molecular weight is 313 g/mol. The lowest BCUT2D eigenvalue weighted by Gasteiger charge is -2.30. The molecular formula is C16H25ClN2O2. The SMILES string of the molecule is CCC(CC)(CO)CNc1cc(Cl)ccc1C(=O)N(C)C. The number of aliphatic hydroxyl groups excluding tert-OH is 1. The van der Waals surface area contributed by atoms with E-state index in [0.29, 0.717) is 22.8 Å². The van der Waals surface area contributed by atoms with Crippen LogP contribution in [0.15, 0.2) is 18.2 Å². The van der Waals surface area contributed by atoms with Crippen molar-refractivity contribution in [2.45, 2.75) is 26.7 Å². The lowest BCUT2D eigenvalue weighted by molar-refractivity contribution is 0.0828. The molecule has 0 radical (unpaired) electrons. The van der Waals surface area contributed by atoms with Crippen LogP contribution >= 0.6 is 11.6 Å². The quantitative estimate of drug-likeness (QED) is 0.812. The molecule has 0 saturated carbocycles. The van der Waals surface area contributed by atoms with Gasteiger partial charge in [0.2, 0.25) is 0 Å². The second kappa shape index (κ2) is 7.66. The Kier molecular flexibility index (Phi) is 6.49. The molecule has 2 N–H and O–H groups in total. The minimum absolute atomic E-state index is 0.0724. The van der Waals surface area contributed by atoms with Gasteiger partial charge in [-0.1, -0.05) is 25.4 Å². The summed E-state index contributed by atoms with van der Waals surface area (Å²) >= 11 is 6.04. The molecule has 21 heavy (non-hydrogen) atoms. The van der Waals surface area contributed by atoms with Gasteiger partial charge >= 0.3 is 0 Å². The number of hydrogen-bond donors (Lipinski definition) is 2. The second-order valence-corrected chi connectivity index (χ2v) is 6.04. The molecule has 0 fully saturated rings. The van der Waals surface area contributed by atoms with Gasteiger partial charge in [0, 0.05) is 36.8 Å². The van der Waals surface area contributed by atoms with E-state index in [0.717, 1.165) is 12.8 Å². The second-order valence-electron chi connectivity index (χ2n) is 5.61. The molecule has 0 aliphatic carbocycles. The molecule has 0 aliphatic rings. The predicted octanol–water partition coefficient (Wildman–Crippen LogP) is 3.25. The number of carbonyl (C=O) groups is 1. The summed E-state index contributed by atoms with van der Waals surface area (Å²) in [7, 11) is 3.44. The van der Waals surface area contributed by atoms with Crippen molar-refractivity contribution in [3.8, 4) is 0 Å². The van der Waals surface area contributed by atoms with Gasteiger partial charge in [0.1, 0.15) is 0 Å². The van der Waals surface area contributed by atoms with Crippen LogP contribution in [0.2, 0.25) is 5.02 Å². The molecule has 1 rings (SSSR count). The van der Waals surface area contributed by atoms with Gasteiger partial charge in [-0.05, 0) is 31.0 Å². The predicted molar refractivity (Wildman–Crippen MR) is 88.1 cm³/mol. The van der Waals surface area contributed by atoms with Gasteiger partial charge in [0.15, 0.2) is 0 Å². The van der Waals surface area contributed by atoms with Crippen molar-refractivity contribution in [3.05, 3.63) is 28.8 Å². The van der Waals surface area contributed by atoms with Crippen molar-refractivity contribution in [2.24, 2.45) is 5.41 Å². The number of rotatable bonds is 7. The number of benzene rings is 1. The summed E-state index contributed by atoms with van der Waals surface area (Å²) in [6.07, 6.45) is 1.73. The summed E-state index contributed by atoms with van der Waals surface area (Å²) in [6, 6.07) is 5.19. The fourth-order valence-corrected chi connectivity index (χ4v) is 2.32. The number of aliphatic hydroxyl groups is 1. The Bertz CT molecular complexity index is 477. The third-order valence-corrected chi connectivity index (χ3v) is 4.34. The largest absolute Gasteiger partial charge is 0.396 e. The van der Waals surface area contributed by atoms with Crippen molar-refractivity contribution in [3.63, 3.8) is 0 Å². The van der Waals surface area contributed by atoms with Gasteiger partial charge in [0.25, 0.3) is 5.91 Å². The normalized spacial score (nSPS) is 11.3. The summed E-state index contributed by atoms with van der Waals surface area (Å²) in [6.45, 7) is 4.84. The lowest BCUT2D eigenvalue weighted by atomic mass is 9.83. The molecule has 4 nitrogen and oxygen atoms in total. The Labute approximate surface area is 132 Å². The molecule has 5 heteroatoms. The van der Waals surface area contributed by atoms with Gasteiger partial charge < -0.3 is 15.3 Å². The summed E-state index contributed by atoms with van der Waals surface area (Å²) in [5, 5.41) is 13.5. The highest BCUT2D eigenvalue weighted by molar-refractivity contribution is 6.31. The van der Waals surface area contributed by atoms with Crippen molar-refractivity contribution in [1.29, 1.82) is 0 Å². The van der Waals surface area contributed by atoms with Crippen LogP contribution in [0.4, 0.5) is 5.69 Å². The molecule has 0 atom stereocenters. The van der Waals surface area contributed by atoms with Crippen molar-refractivity contribution in [2.75, 3.05) is 32.6 Å². The van der Waals surface area contributed by atoms with E-state index in [1.165, 1.54) is 4.90 Å². The van der Waals surface area contributed by atoms with E-state index in [1.54, 1.807) is 32.3 Å². The minimum Gasteiger partial charge on any atom is -0.396 e.